The molecule has 0 saturated carbocycles. The quantitative estimate of drug-likeness (QED) is 0.630. The third-order valence-electron chi connectivity index (χ3n) is 2.44. The summed E-state index contributed by atoms with van der Waals surface area (Å²) in [6.07, 6.45) is 1.26. The molecule has 0 radical (unpaired) electrons. The Hall–Kier alpha value is -2.26. The molecule has 1 heterocycles. The molecule has 0 saturated heterocycles. The minimum Gasteiger partial charge on any atom is -0.334 e. The largest absolute Gasteiger partial charge is 0.354 e. The van der Waals surface area contributed by atoms with Crippen LogP contribution in [0, 0.1) is 10.1 Å². The fraction of sp³-hybridized carbons (Fsp3) is 0.167. The molecule has 0 unspecified atom stereocenters. The van der Waals surface area contributed by atoms with Gasteiger partial charge in [-0.3, -0.25) is 15.5 Å². The molecule has 21 heavy (non-hydrogen) atoms. The van der Waals surface area contributed by atoms with Gasteiger partial charge in [-0.1, -0.05) is 15.9 Å². The summed E-state index contributed by atoms with van der Waals surface area (Å²) in [5.41, 5.74) is 3.26. The number of anilines is 3. The van der Waals surface area contributed by atoms with Crippen LogP contribution in [0.5, 0.6) is 0 Å². The number of hydrogen-bond donors (Lipinski definition) is 2. The zero-order chi connectivity index (χ0) is 15.4. The lowest BCUT2D eigenvalue weighted by Crippen LogP contribution is -2.21. The molecule has 1 aromatic heterocycles. The first-order chi connectivity index (χ1) is 9.97. The number of nitrogens with zero attached hydrogens (tertiary/aromatic N) is 4. The molecule has 0 aliphatic heterocycles. The molecule has 0 aliphatic rings. The van der Waals surface area contributed by atoms with E-state index in [4.69, 9.17) is 0 Å². The highest BCUT2D eigenvalue weighted by Crippen LogP contribution is 2.31. The van der Waals surface area contributed by atoms with Gasteiger partial charge in [0.05, 0.1) is 4.92 Å². The number of nitrogens with one attached hydrogen (secondary N) is 2. The lowest BCUT2D eigenvalue weighted by molar-refractivity contribution is -0.383. The summed E-state index contributed by atoms with van der Waals surface area (Å²) in [5, 5.41) is 15.8. The van der Waals surface area contributed by atoms with Crippen LogP contribution in [0.15, 0.2) is 35.1 Å². The predicted molar refractivity (Wildman–Crippen MR) is 83.4 cm³/mol. The average molecular weight is 353 g/mol. The van der Waals surface area contributed by atoms with E-state index < -0.39 is 4.92 Å². The molecule has 2 aromatic rings. The normalized spacial score (nSPS) is 10.5. The standard InChI is InChI=1S/C12H13BrN6O2/c1-18(2)17-12-10(19(20)21)11(14-7-15-12)16-9-5-3-8(13)4-6-9/h3-7H,1-2H3,(H2,14,15,16,17). The Morgan fingerprint density at radius 1 is 1.19 bits per heavy atom. The van der Waals surface area contributed by atoms with Crippen molar-refractivity contribution in [3.8, 4) is 0 Å². The maximum atomic E-state index is 11.3. The Morgan fingerprint density at radius 3 is 2.38 bits per heavy atom. The summed E-state index contributed by atoms with van der Waals surface area (Å²) in [7, 11) is 3.43. The number of halogens is 1. The number of hydrogen-bond acceptors (Lipinski definition) is 7. The second-order valence-corrected chi connectivity index (χ2v) is 5.23. The van der Waals surface area contributed by atoms with Gasteiger partial charge in [-0.15, -0.1) is 0 Å². The van der Waals surface area contributed by atoms with E-state index in [0.717, 1.165) is 4.47 Å². The van der Waals surface area contributed by atoms with Gasteiger partial charge in [0.25, 0.3) is 0 Å². The van der Waals surface area contributed by atoms with Gasteiger partial charge in [0, 0.05) is 24.3 Å². The highest BCUT2D eigenvalue weighted by molar-refractivity contribution is 9.10. The average Bonchev–Trinajstić information content (AvgIpc) is 2.40. The number of hydrazine groups is 1. The van der Waals surface area contributed by atoms with Gasteiger partial charge < -0.3 is 5.32 Å². The molecular weight excluding hydrogens is 340 g/mol. The Labute approximate surface area is 129 Å². The minimum atomic E-state index is -0.521. The molecule has 0 fully saturated rings. The molecule has 1 aromatic carbocycles. The van der Waals surface area contributed by atoms with E-state index in [0.29, 0.717) is 5.69 Å². The molecule has 9 heteroatoms. The molecule has 2 rings (SSSR count). The van der Waals surface area contributed by atoms with Crippen molar-refractivity contribution in [2.45, 2.75) is 0 Å². The third-order valence-corrected chi connectivity index (χ3v) is 2.97. The van der Waals surface area contributed by atoms with Gasteiger partial charge in [0.15, 0.2) is 0 Å². The fourth-order valence-electron chi connectivity index (χ4n) is 1.61. The summed E-state index contributed by atoms with van der Waals surface area (Å²) in [6.45, 7) is 0. The number of nitro groups is 1. The molecule has 8 nitrogen and oxygen atoms in total. The van der Waals surface area contributed by atoms with Gasteiger partial charge in [-0.2, -0.15) is 0 Å². The van der Waals surface area contributed by atoms with Crippen molar-refractivity contribution in [1.82, 2.24) is 15.0 Å². The van der Waals surface area contributed by atoms with Crippen molar-refractivity contribution in [3.63, 3.8) is 0 Å². The first-order valence-corrected chi connectivity index (χ1v) is 6.72. The van der Waals surface area contributed by atoms with Crippen LogP contribution in [0.25, 0.3) is 0 Å². The molecule has 0 aliphatic carbocycles. The summed E-state index contributed by atoms with van der Waals surface area (Å²) in [4.78, 5) is 18.6. The van der Waals surface area contributed by atoms with E-state index in [1.54, 1.807) is 31.2 Å². The number of benzene rings is 1. The summed E-state index contributed by atoms with van der Waals surface area (Å²) < 4.78 is 0.917. The zero-order valence-corrected chi connectivity index (χ0v) is 13.0. The molecule has 110 valence electrons. The van der Waals surface area contributed by atoms with Crippen molar-refractivity contribution in [1.29, 1.82) is 0 Å². The van der Waals surface area contributed by atoms with Gasteiger partial charge in [-0.25, -0.2) is 15.0 Å². The van der Waals surface area contributed by atoms with Crippen LogP contribution in [0.2, 0.25) is 0 Å². The van der Waals surface area contributed by atoms with Crippen LogP contribution >= 0.6 is 15.9 Å². The Kier molecular flexibility index (Phi) is 4.66. The summed E-state index contributed by atoms with van der Waals surface area (Å²) in [5.74, 6) is 0.251. The zero-order valence-electron chi connectivity index (χ0n) is 11.4. The summed E-state index contributed by atoms with van der Waals surface area (Å²) in [6, 6.07) is 7.23. The molecular formula is C12H13BrN6O2. The second kappa shape index (κ2) is 6.46. The summed E-state index contributed by atoms with van der Waals surface area (Å²) >= 11 is 3.33. The molecule has 0 atom stereocenters. The Balaban J connectivity index is 2.38. The van der Waals surface area contributed by atoms with E-state index in [2.05, 4.69) is 36.6 Å². The minimum absolute atomic E-state index is 0.125. The maximum Gasteiger partial charge on any atom is 0.354 e. The first kappa shape index (κ1) is 15.1. The second-order valence-electron chi connectivity index (χ2n) is 4.31. The molecule has 0 amide bonds. The van der Waals surface area contributed by atoms with Gasteiger partial charge in [0.1, 0.15) is 6.33 Å². The molecule has 2 N–H and O–H groups in total. The number of rotatable bonds is 5. The van der Waals surface area contributed by atoms with Crippen molar-refractivity contribution >= 4 is 38.9 Å². The molecule has 0 bridgehead atoms. The lowest BCUT2D eigenvalue weighted by Gasteiger charge is -2.14. The predicted octanol–water partition coefficient (Wildman–Crippen LogP) is 2.78. The van der Waals surface area contributed by atoms with Crippen molar-refractivity contribution < 1.29 is 4.92 Å². The van der Waals surface area contributed by atoms with Crippen LogP contribution in [0.4, 0.5) is 23.0 Å². The first-order valence-electron chi connectivity index (χ1n) is 5.93. The molecule has 0 spiro atoms. The van der Waals surface area contributed by atoms with Crippen LogP contribution in [0.3, 0.4) is 0 Å². The Morgan fingerprint density at radius 2 is 1.81 bits per heavy atom. The fourth-order valence-corrected chi connectivity index (χ4v) is 1.87. The Bertz CT molecular complexity index is 647. The van der Waals surface area contributed by atoms with Crippen LogP contribution < -0.4 is 10.7 Å². The van der Waals surface area contributed by atoms with Gasteiger partial charge >= 0.3 is 5.69 Å². The van der Waals surface area contributed by atoms with Crippen LogP contribution in [-0.4, -0.2) is 34.0 Å². The van der Waals surface area contributed by atoms with Crippen LogP contribution in [-0.2, 0) is 0 Å². The van der Waals surface area contributed by atoms with E-state index in [-0.39, 0.29) is 17.3 Å². The smallest absolute Gasteiger partial charge is 0.334 e. The topological polar surface area (TPSA) is 96.2 Å². The maximum absolute atomic E-state index is 11.3. The van der Waals surface area contributed by atoms with Crippen molar-refractivity contribution in [2.24, 2.45) is 0 Å². The van der Waals surface area contributed by atoms with E-state index in [1.165, 1.54) is 6.33 Å². The van der Waals surface area contributed by atoms with Crippen molar-refractivity contribution in [2.75, 3.05) is 24.8 Å². The highest BCUT2D eigenvalue weighted by Gasteiger charge is 2.23. The monoisotopic (exact) mass is 352 g/mol. The van der Waals surface area contributed by atoms with Crippen molar-refractivity contribution in [3.05, 3.63) is 45.2 Å². The number of aromatic nitrogens is 2. The highest BCUT2D eigenvalue weighted by atomic mass is 79.9. The van der Waals surface area contributed by atoms with Gasteiger partial charge in [-0.05, 0) is 24.3 Å². The lowest BCUT2D eigenvalue weighted by atomic mass is 10.3. The third kappa shape index (κ3) is 3.86. The van der Waals surface area contributed by atoms with E-state index >= 15 is 0 Å². The van der Waals surface area contributed by atoms with E-state index in [9.17, 15) is 10.1 Å². The van der Waals surface area contributed by atoms with Gasteiger partial charge in [0.2, 0.25) is 11.6 Å². The van der Waals surface area contributed by atoms with E-state index in [1.807, 2.05) is 12.1 Å². The SMILES string of the molecule is CN(C)Nc1ncnc(Nc2ccc(Br)cc2)c1[N+](=O)[O-]. The van der Waals surface area contributed by atoms with Crippen LogP contribution in [0.1, 0.15) is 0 Å².